The summed E-state index contributed by atoms with van der Waals surface area (Å²) in [6, 6.07) is 0.222. The zero-order chi connectivity index (χ0) is 12.5. The van der Waals surface area contributed by atoms with Crippen molar-refractivity contribution in [2.75, 3.05) is 13.1 Å². The molecule has 2 aliphatic rings. The number of aromatic amines is 1. The fourth-order valence-corrected chi connectivity index (χ4v) is 3.04. The molecule has 0 spiro atoms. The lowest BCUT2D eigenvalue weighted by molar-refractivity contribution is 0.0925. The monoisotopic (exact) mass is 312 g/mol. The van der Waals surface area contributed by atoms with E-state index in [2.05, 4.69) is 36.8 Å². The Hall–Kier alpha value is -0.880. The highest BCUT2D eigenvalue weighted by atomic mass is 79.9. The van der Waals surface area contributed by atoms with Gasteiger partial charge in [-0.15, -0.1) is 0 Å². The number of aromatic nitrogens is 2. The molecule has 1 aromatic heterocycles. The molecule has 1 atom stereocenters. The molecule has 3 rings (SSSR count). The van der Waals surface area contributed by atoms with Gasteiger partial charge in [0, 0.05) is 18.5 Å². The Labute approximate surface area is 114 Å². The molecule has 1 aromatic rings. The SMILES string of the molecule is O=C(N[C@H]1CCCNC1)c1n[nH]c(C2CC2)c1Br. The second-order valence-electron chi connectivity index (χ2n) is 5.09. The van der Waals surface area contributed by atoms with Gasteiger partial charge in [-0.1, -0.05) is 0 Å². The van der Waals surface area contributed by atoms with Crippen molar-refractivity contribution >= 4 is 21.8 Å². The van der Waals surface area contributed by atoms with Crippen LogP contribution in [0.15, 0.2) is 4.47 Å². The van der Waals surface area contributed by atoms with Gasteiger partial charge in [0.05, 0.1) is 10.2 Å². The van der Waals surface area contributed by atoms with Gasteiger partial charge in [-0.3, -0.25) is 9.89 Å². The van der Waals surface area contributed by atoms with Crippen molar-refractivity contribution in [2.24, 2.45) is 0 Å². The van der Waals surface area contributed by atoms with Crippen LogP contribution < -0.4 is 10.6 Å². The van der Waals surface area contributed by atoms with Gasteiger partial charge in [0.15, 0.2) is 5.69 Å². The zero-order valence-corrected chi connectivity index (χ0v) is 11.7. The number of H-pyrrole nitrogens is 1. The molecule has 1 saturated carbocycles. The highest BCUT2D eigenvalue weighted by Crippen LogP contribution is 2.42. The van der Waals surface area contributed by atoms with E-state index >= 15 is 0 Å². The molecule has 0 bridgehead atoms. The summed E-state index contributed by atoms with van der Waals surface area (Å²) in [6.07, 6.45) is 4.53. The van der Waals surface area contributed by atoms with Crippen molar-refractivity contribution in [3.8, 4) is 0 Å². The average molecular weight is 313 g/mol. The van der Waals surface area contributed by atoms with E-state index in [-0.39, 0.29) is 11.9 Å². The van der Waals surface area contributed by atoms with E-state index in [1.54, 1.807) is 0 Å². The van der Waals surface area contributed by atoms with Crippen molar-refractivity contribution < 1.29 is 4.79 Å². The van der Waals surface area contributed by atoms with Crippen molar-refractivity contribution in [2.45, 2.75) is 37.6 Å². The summed E-state index contributed by atoms with van der Waals surface area (Å²) < 4.78 is 0.839. The molecule has 98 valence electrons. The topological polar surface area (TPSA) is 69.8 Å². The molecule has 1 aliphatic carbocycles. The first-order chi connectivity index (χ1) is 8.75. The number of halogens is 1. The van der Waals surface area contributed by atoms with Gasteiger partial charge in [0.1, 0.15) is 0 Å². The van der Waals surface area contributed by atoms with Crippen LogP contribution in [-0.2, 0) is 0 Å². The quantitative estimate of drug-likeness (QED) is 0.793. The van der Waals surface area contributed by atoms with Crippen molar-refractivity contribution in [1.82, 2.24) is 20.8 Å². The number of hydrogen-bond donors (Lipinski definition) is 3. The maximum absolute atomic E-state index is 12.1. The predicted octanol–water partition coefficient (Wildman–Crippen LogP) is 1.53. The molecular weight excluding hydrogens is 296 g/mol. The van der Waals surface area contributed by atoms with Crippen LogP contribution >= 0.6 is 15.9 Å². The fourth-order valence-electron chi connectivity index (χ4n) is 2.36. The largest absolute Gasteiger partial charge is 0.347 e. The molecule has 0 radical (unpaired) electrons. The Morgan fingerprint density at radius 3 is 2.89 bits per heavy atom. The Bertz CT molecular complexity index is 449. The minimum Gasteiger partial charge on any atom is -0.347 e. The fraction of sp³-hybridized carbons (Fsp3) is 0.667. The summed E-state index contributed by atoms with van der Waals surface area (Å²) in [5.41, 5.74) is 1.56. The van der Waals surface area contributed by atoms with Gasteiger partial charge >= 0.3 is 0 Å². The second-order valence-corrected chi connectivity index (χ2v) is 5.88. The highest BCUT2D eigenvalue weighted by molar-refractivity contribution is 9.10. The smallest absolute Gasteiger partial charge is 0.273 e. The van der Waals surface area contributed by atoms with E-state index < -0.39 is 0 Å². The van der Waals surface area contributed by atoms with Crippen LogP contribution in [0.5, 0.6) is 0 Å². The third-order valence-corrected chi connectivity index (χ3v) is 4.37. The van der Waals surface area contributed by atoms with Crippen molar-refractivity contribution in [1.29, 1.82) is 0 Å². The summed E-state index contributed by atoms with van der Waals surface area (Å²) >= 11 is 3.49. The first-order valence-electron chi connectivity index (χ1n) is 6.51. The number of rotatable bonds is 3. The minimum absolute atomic E-state index is 0.0845. The van der Waals surface area contributed by atoms with Gasteiger partial charge in [0.2, 0.25) is 0 Å². The van der Waals surface area contributed by atoms with Crippen LogP contribution in [0.4, 0.5) is 0 Å². The van der Waals surface area contributed by atoms with Crippen LogP contribution in [0.3, 0.4) is 0 Å². The summed E-state index contributed by atoms with van der Waals surface area (Å²) in [5, 5.41) is 13.4. The van der Waals surface area contributed by atoms with Gasteiger partial charge in [-0.05, 0) is 48.2 Å². The summed E-state index contributed by atoms with van der Waals surface area (Å²) in [4.78, 5) is 12.1. The molecule has 1 amide bonds. The van der Waals surface area contributed by atoms with Gasteiger partial charge in [0.25, 0.3) is 5.91 Å². The molecule has 5 nitrogen and oxygen atoms in total. The lowest BCUT2D eigenvalue weighted by Crippen LogP contribution is -2.45. The molecule has 1 aliphatic heterocycles. The first-order valence-corrected chi connectivity index (χ1v) is 7.30. The third kappa shape index (κ3) is 2.44. The molecule has 2 heterocycles. The molecule has 1 saturated heterocycles. The van der Waals surface area contributed by atoms with Crippen LogP contribution in [0, 0.1) is 0 Å². The summed E-state index contributed by atoms with van der Waals surface area (Å²) in [5.74, 6) is 0.475. The Kier molecular flexibility index (Phi) is 3.39. The number of nitrogens with zero attached hydrogens (tertiary/aromatic N) is 1. The molecule has 2 fully saturated rings. The standard InChI is InChI=1S/C12H17BrN4O/c13-9-10(7-3-4-7)16-17-11(9)12(18)15-8-2-1-5-14-6-8/h7-8,14H,1-6H2,(H,15,18)(H,16,17)/t8-/m0/s1. The Morgan fingerprint density at radius 1 is 1.39 bits per heavy atom. The number of amides is 1. The maximum atomic E-state index is 12.1. The summed E-state index contributed by atoms with van der Waals surface area (Å²) in [6.45, 7) is 1.90. The number of hydrogen-bond acceptors (Lipinski definition) is 3. The van der Waals surface area contributed by atoms with E-state index in [1.807, 2.05) is 0 Å². The molecule has 6 heteroatoms. The normalized spacial score (nSPS) is 23.9. The third-order valence-electron chi connectivity index (χ3n) is 3.57. The van der Waals surface area contributed by atoms with Gasteiger partial charge in [-0.25, -0.2) is 0 Å². The number of carbonyl (C=O) groups excluding carboxylic acids is 1. The van der Waals surface area contributed by atoms with Crippen LogP contribution in [0.25, 0.3) is 0 Å². The lowest BCUT2D eigenvalue weighted by Gasteiger charge is -2.23. The van der Waals surface area contributed by atoms with E-state index in [1.165, 1.54) is 12.8 Å². The van der Waals surface area contributed by atoms with Crippen molar-refractivity contribution in [3.05, 3.63) is 15.9 Å². The van der Waals surface area contributed by atoms with Crippen molar-refractivity contribution in [3.63, 3.8) is 0 Å². The molecule has 0 unspecified atom stereocenters. The molecule has 3 N–H and O–H groups in total. The maximum Gasteiger partial charge on any atom is 0.273 e. The summed E-state index contributed by atoms with van der Waals surface area (Å²) in [7, 11) is 0. The highest BCUT2D eigenvalue weighted by Gasteiger charge is 2.30. The van der Waals surface area contributed by atoms with E-state index in [9.17, 15) is 4.79 Å². The molecule has 18 heavy (non-hydrogen) atoms. The lowest BCUT2D eigenvalue weighted by atomic mass is 10.1. The predicted molar refractivity (Wildman–Crippen MR) is 71.6 cm³/mol. The minimum atomic E-state index is -0.0845. The second kappa shape index (κ2) is 5.01. The molecule has 0 aromatic carbocycles. The zero-order valence-electron chi connectivity index (χ0n) is 10.1. The Balaban J connectivity index is 1.67. The number of carbonyl (C=O) groups is 1. The van der Waals surface area contributed by atoms with E-state index in [4.69, 9.17) is 0 Å². The molecular formula is C12H17BrN4O. The van der Waals surface area contributed by atoms with Crippen LogP contribution in [-0.4, -0.2) is 35.2 Å². The first kappa shape index (κ1) is 12.2. The van der Waals surface area contributed by atoms with E-state index in [0.29, 0.717) is 11.6 Å². The van der Waals surface area contributed by atoms with Crippen LogP contribution in [0.1, 0.15) is 47.8 Å². The number of piperidine rings is 1. The van der Waals surface area contributed by atoms with E-state index in [0.717, 1.165) is 36.1 Å². The van der Waals surface area contributed by atoms with Crippen LogP contribution in [0.2, 0.25) is 0 Å². The average Bonchev–Trinajstić information content (AvgIpc) is 3.14. The van der Waals surface area contributed by atoms with Gasteiger partial charge in [-0.2, -0.15) is 5.10 Å². The van der Waals surface area contributed by atoms with Gasteiger partial charge < -0.3 is 10.6 Å². The number of nitrogens with one attached hydrogen (secondary N) is 3. The Morgan fingerprint density at radius 2 is 2.22 bits per heavy atom.